The molecule has 0 radical (unpaired) electrons. The first kappa shape index (κ1) is 17.4. The number of aliphatic hydroxyl groups is 1. The number of hydrogen-bond acceptors (Lipinski definition) is 4. The second-order valence-corrected chi connectivity index (χ2v) is 7.73. The molecular formula is C18H31N3O. The summed E-state index contributed by atoms with van der Waals surface area (Å²) in [5, 5.41) is 10.6. The van der Waals surface area contributed by atoms with Gasteiger partial charge in [0.1, 0.15) is 5.82 Å². The van der Waals surface area contributed by atoms with E-state index >= 15 is 0 Å². The molecule has 0 aliphatic carbocycles. The maximum atomic E-state index is 10.6. The molecule has 2 rings (SSSR count). The highest BCUT2D eigenvalue weighted by Crippen LogP contribution is 2.32. The Balaban J connectivity index is 2.03. The number of nitrogens with zero attached hydrogens (tertiary/aromatic N) is 3. The highest BCUT2D eigenvalue weighted by Gasteiger charge is 2.37. The lowest BCUT2D eigenvalue weighted by Crippen LogP contribution is -2.50. The smallest absolute Gasteiger partial charge is 0.131 e. The Bertz CT molecular complexity index is 485. The number of hydrogen-bond donors (Lipinski definition) is 1. The van der Waals surface area contributed by atoms with Crippen molar-refractivity contribution < 1.29 is 5.11 Å². The Morgan fingerprint density at radius 1 is 1.36 bits per heavy atom. The molecule has 22 heavy (non-hydrogen) atoms. The number of piperidine rings is 1. The van der Waals surface area contributed by atoms with Crippen molar-refractivity contribution in [3.05, 3.63) is 23.8 Å². The van der Waals surface area contributed by atoms with Crippen molar-refractivity contribution >= 4 is 0 Å². The van der Waals surface area contributed by atoms with E-state index in [2.05, 4.69) is 42.6 Å². The van der Waals surface area contributed by atoms with E-state index in [1.54, 1.807) is 0 Å². The van der Waals surface area contributed by atoms with Gasteiger partial charge in [0.2, 0.25) is 0 Å². The van der Waals surface area contributed by atoms with Gasteiger partial charge in [-0.25, -0.2) is 9.97 Å². The summed E-state index contributed by atoms with van der Waals surface area (Å²) in [5.41, 5.74) is 0.554. The van der Waals surface area contributed by atoms with E-state index in [1.807, 2.05) is 19.2 Å². The standard InChI is InChI=1S/C18H31N3O/c1-13(2)10-15-11-21(9-7-18(15,5)22)12-16-6-8-19-17(20-16)14(3)4/h6,8,13-15,22H,7,9-12H2,1-5H3/t15-,18+/m1/s1. The monoisotopic (exact) mass is 305 g/mol. The van der Waals surface area contributed by atoms with Crippen LogP contribution in [0.25, 0.3) is 0 Å². The number of rotatable bonds is 5. The van der Waals surface area contributed by atoms with Crippen LogP contribution in [-0.4, -0.2) is 38.7 Å². The van der Waals surface area contributed by atoms with Gasteiger partial charge in [-0.2, -0.15) is 0 Å². The summed E-state index contributed by atoms with van der Waals surface area (Å²) in [6, 6.07) is 2.01. The molecule has 4 nitrogen and oxygen atoms in total. The van der Waals surface area contributed by atoms with E-state index in [4.69, 9.17) is 0 Å². The van der Waals surface area contributed by atoms with Crippen LogP contribution in [0.4, 0.5) is 0 Å². The first-order valence-electron chi connectivity index (χ1n) is 8.54. The van der Waals surface area contributed by atoms with E-state index in [1.165, 1.54) is 0 Å². The topological polar surface area (TPSA) is 49.2 Å². The van der Waals surface area contributed by atoms with Crippen molar-refractivity contribution in [3.8, 4) is 0 Å². The van der Waals surface area contributed by atoms with Crippen LogP contribution in [0.5, 0.6) is 0 Å². The second kappa shape index (κ2) is 7.05. The molecule has 1 N–H and O–H groups in total. The third-order valence-corrected chi connectivity index (χ3v) is 4.68. The fourth-order valence-corrected chi connectivity index (χ4v) is 3.24. The molecule has 1 aromatic heterocycles. The average Bonchev–Trinajstić information content (AvgIpc) is 2.42. The molecule has 1 fully saturated rings. The summed E-state index contributed by atoms with van der Waals surface area (Å²) >= 11 is 0. The van der Waals surface area contributed by atoms with Crippen molar-refractivity contribution in [1.82, 2.24) is 14.9 Å². The van der Waals surface area contributed by atoms with Crippen LogP contribution in [0.2, 0.25) is 0 Å². The molecule has 2 atom stereocenters. The SMILES string of the molecule is CC(C)C[C@@H]1CN(Cc2ccnc(C(C)C)n2)CC[C@]1(C)O. The predicted octanol–water partition coefficient (Wildman–Crippen LogP) is 3.22. The van der Waals surface area contributed by atoms with Gasteiger partial charge in [-0.15, -0.1) is 0 Å². The van der Waals surface area contributed by atoms with Crippen molar-refractivity contribution in [2.45, 2.75) is 65.5 Å². The Kier molecular flexibility index (Phi) is 5.56. The third kappa shape index (κ3) is 4.50. The Labute approximate surface area is 135 Å². The molecule has 0 amide bonds. The molecule has 0 bridgehead atoms. The van der Waals surface area contributed by atoms with E-state index in [0.29, 0.717) is 17.8 Å². The first-order chi connectivity index (χ1) is 10.3. The van der Waals surface area contributed by atoms with Gasteiger partial charge in [-0.3, -0.25) is 4.90 Å². The lowest BCUT2D eigenvalue weighted by atomic mass is 9.78. The molecule has 0 spiro atoms. The van der Waals surface area contributed by atoms with Crippen LogP contribution in [0.3, 0.4) is 0 Å². The molecule has 2 heterocycles. The van der Waals surface area contributed by atoms with Crippen molar-refractivity contribution in [2.75, 3.05) is 13.1 Å². The van der Waals surface area contributed by atoms with Crippen LogP contribution < -0.4 is 0 Å². The lowest BCUT2D eigenvalue weighted by Gasteiger charge is -2.43. The van der Waals surface area contributed by atoms with Gasteiger partial charge < -0.3 is 5.11 Å². The number of likely N-dealkylation sites (tertiary alicyclic amines) is 1. The van der Waals surface area contributed by atoms with E-state index in [9.17, 15) is 5.11 Å². The van der Waals surface area contributed by atoms with Gasteiger partial charge in [0.05, 0.1) is 11.3 Å². The molecule has 1 aliphatic heterocycles. The Morgan fingerprint density at radius 2 is 2.09 bits per heavy atom. The molecule has 124 valence electrons. The van der Waals surface area contributed by atoms with E-state index in [0.717, 1.165) is 44.0 Å². The first-order valence-corrected chi connectivity index (χ1v) is 8.54. The zero-order valence-corrected chi connectivity index (χ0v) is 14.7. The van der Waals surface area contributed by atoms with Gasteiger partial charge in [0.15, 0.2) is 0 Å². The third-order valence-electron chi connectivity index (χ3n) is 4.68. The van der Waals surface area contributed by atoms with Crippen LogP contribution in [0.1, 0.15) is 64.9 Å². The maximum Gasteiger partial charge on any atom is 0.131 e. The Morgan fingerprint density at radius 3 is 2.73 bits per heavy atom. The van der Waals surface area contributed by atoms with Crippen LogP contribution in [0, 0.1) is 11.8 Å². The fourth-order valence-electron chi connectivity index (χ4n) is 3.24. The minimum atomic E-state index is -0.532. The normalized spacial score (nSPS) is 26.8. The van der Waals surface area contributed by atoms with Gasteiger partial charge in [0, 0.05) is 37.7 Å². The van der Waals surface area contributed by atoms with Crippen LogP contribution >= 0.6 is 0 Å². The predicted molar refractivity (Wildman–Crippen MR) is 89.6 cm³/mol. The molecule has 1 aromatic rings. The van der Waals surface area contributed by atoms with Gasteiger partial charge in [-0.1, -0.05) is 27.7 Å². The quantitative estimate of drug-likeness (QED) is 0.907. The van der Waals surface area contributed by atoms with Gasteiger partial charge >= 0.3 is 0 Å². The molecule has 1 saturated heterocycles. The summed E-state index contributed by atoms with van der Waals surface area (Å²) in [6.45, 7) is 13.4. The van der Waals surface area contributed by atoms with Crippen LogP contribution in [0.15, 0.2) is 12.3 Å². The molecular weight excluding hydrogens is 274 g/mol. The largest absolute Gasteiger partial charge is 0.390 e. The van der Waals surface area contributed by atoms with Crippen molar-refractivity contribution in [2.24, 2.45) is 11.8 Å². The van der Waals surface area contributed by atoms with Crippen molar-refractivity contribution in [3.63, 3.8) is 0 Å². The minimum absolute atomic E-state index is 0.340. The minimum Gasteiger partial charge on any atom is -0.390 e. The van der Waals surface area contributed by atoms with E-state index in [-0.39, 0.29) is 0 Å². The molecule has 0 saturated carbocycles. The summed E-state index contributed by atoms with van der Waals surface area (Å²) in [6.07, 6.45) is 3.78. The molecule has 1 aliphatic rings. The van der Waals surface area contributed by atoms with E-state index < -0.39 is 5.60 Å². The zero-order valence-electron chi connectivity index (χ0n) is 14.7. The zero-order chi connectivity index (χ0) is 16.3. The van der Waals surface area contributed by atoms with Crippen molar-refractivity contribution in [1.29, 1.82) is 0 Å². The van der Waals surface area contributed by atoms with Gasteiger partial charge in [-0.05, 0) is 31.7 Å². The summed E-state index contributed by atoms with van der Waals surface area (Å²) in [5.74, 6) is 2.23. The molecule has 4 heteroatoms. The number of aromatic nitrogens is 2. The summed E-state index contributed by atoms with van der Waals surface area (Å²) in [4.78, 5) is 11.4. The second-order valence-electron chi connectivity index (χ2n) is 7.73. The summed E-state index contributed by atoms with van der Waals surface area (Å²) < 4.78 is 0. The Hall–Kier alpha value is -1.00. The highest BCUT2D eigenvalue weighted by molar-refractivity contribution is 5.05. The lowest BCUT2D eigenvalue weighted by molar-refractivity contribution is -0.0666. The summed E-state index contributed by atoms with van der Waals surface area (Å²) in [7, 11) is 0. The van der Waals surface area contributed by atoms with Gasteiger partial charge in [0.25, 0.3) is 0 Å². The fraction of sp³-hybridized carbons (Fsp3) is 0.778. The molecule has 0 aromatic carbocycles. The maximum absolute atomic E-state index is 10.6. The molecule has 0 unspecified atom stereocenters. The van der Waals surface area contributed by atoms with Crippen LogP contribution in [-0.2, 0) is 6.54 Å². The average molecular weight is 305 g/mol. The highest BCUT2D eigenvalue weighted by atomic mass is 16.3.